The summed E-state index contributed by atoms with van der Waals surface area (Å²) in [6.45, 7) is 10.9. The molecule has 0 unspecified atom stereocenters. The molecule has 2 nitrogen and oxygen atoms in total. The van der Waals surface area contributed by atoms with E-state index in [0.717, 1.165) is 0 Å². The quantitative estimate of drug-likeness (QED) is 0.265. The second-order valence-corrected chi connectivity index (χ2v) is 10.8. The Kier molecular flexibility index (Phi) is 8.82. The molecule has 2 heterocycles. The van der Waals surface area contributed by atoms with Gasteiger partial charge in [0.2, 0.25) is 0 Å². The molecule has 0 aliphatic carbocycles. The Morgan fingerprint density at radius 3 is 1.19 bits per heavy atom. The van der Waals surface area contributed by atoms with Crippen LogP contribution in [0.3, 0.4) is 0 Å². The van der Waals surface area contributed by atoms with Crippen LogP contribution in [0.2, 0.25) is 0 Å². The van der Waals surface area contributed by atoms with Crippen molar-refractivity contribution in [2.75, 3.05) is 39.3 Å². The molecule has 2 fully saturated rings. The summed E-state index contributed by atoms with van der Waals surface area (Å²) in [4.78, 5) is 0. The van der Waals surface area contributed by atoms with Gasteiger partial charge in [0.1, 0.15) is 13.1 Å². The Morgan fingerprint density at radius 2 is 0.812 bits per heavy atom. The van der Waals surface area contributed by atoms with Gasteiger partial charge in [-0.3, -0.25) is 0 Å². The second-order valence-electron chi connectivity index (χ2n) is 10.8. The first-order valence-electron chi connectivity index (χ1n) is 13.6. The van der Waals surface area contributed by atoms with Gasteiger partial charge in [0.05, 0.1) is 39.3 Å². The Bertz CT molecular complexity index is 690. The number of nitrogens with zero attached hydrogens (tertiary/aromatic N) is 2. The molecule has 0 radical (unpaired) electrons. The van der Waals surface area contributed by atoms with Gasteiger partial charge in [-0.2, -0.15) is 0 Å². The fourth-order valence-corrected chi connectivity index (χ4v) is 6.48. The topological polar surface area (TPSA) is 0 Å². The third-order valence-corrected chi connectivity index (χ3v) is 8.27. The lowest BCUT2D eigenvalue weighted by Crippen LogP contribution is -2.51. The first-order chi connectivity index (χ1) is 15.8. The van der Waals surface area contributed by atoms with Gasteiger partial charge in [-0.25, -0.2) is 0 Å². The van der Waals surface area contributed by atoms with Gasteiger partial charge in [0.25, 0.3) is 0 Å². The molecule has 0 saturated carbocycles. The minimum atomic E-state index is 1.25. The predicted molar refractivity (Wildman–Crippen MR) is 136 cm³/mol. The van der Waals surface area contributed by atoms with E-state index >= 15 is 0 Å². The Labute approximate surface area is 197 Å². The van der Waals surface area contributed by atoms with Crippen LogP contribution in [0.5, 0.6) is 0 Å². The van der Waals surface area contributed by atoms with E-state index in [1.807, 2.05) is 0 Å². The highest BCUT2D eigenvalue weighted by Gasteiger charge is 2.31. The first-order valence-corrected chi connectivity index (χ1v) is 13.6. The van der Waals surface area contributed by atoms with Crippen LogP contribution in [0, 0.1) is 0 Å². The summed E-state index contributed by atoms with van der Waals surface area (Å²) >= 11 is 0. The Balaban J connectivity index is 1.23. The maximum absolute atomic E-state index is 2.34. The van der Waals surface area contributed by atoms with Crippen molar-refractivity contribution in [3.05, 3.63) is 71.8 Å². The van der Waals surface area contributed by atoms with Crippen LogP contribution in [0.15, 0.2) is 60.7 Å². The van der Waals surface area contributed by atoms with Crippen molar-refractivity contribution in [3.8, 4) is 0 Å². The third kappa shape index (κ3) is 6.93. The van der Waals surface area contributed by atoms with Gasteiger partial charge in [0.15, 0.2) is 0 Å². The maximum atomic E-state index is 2.34. The molecular weight excluding hydrogens is 388 g/mol. The van der Waals surface area contributed by atoms with Gasteiger partial charge in [-0.1, -0.05) is 60.7 Å². The molecule has 0 spiro atoms. The highest BCUT2D eigenvalue weighted by Crippen LogP contribution is 2.26. The van der Waals surface area contributed by atoms with Gasteiger partial charge in [-0.05, 0) is 64.2 Å². The van der Waals surface area contributed by atoms with Crippen LogP contribution in [0.1, 0.15) is 75.3 Å². The van der Waals surface area contributed by atoms with Gasteiger partial charge in [-0.15, -0.1) is 0 Å². The van der Waals surface area contributed by atoms with Crippen molar-refractivity contribution in [2.45, 2.75) is 77.3 Å². The molecule has 2 saturated heterocycles. The number of hydrogen-bond acceptors (Lipinski definition) is 0. The molecule has 4 rings (SSSR count). The summed E-state index contributed by atoms with van der Waals surface area (Å²) < 4.78 is 2.69. The van der Waals surface area contributed by atoms with Crippen LogP contribution in [0.25, 0.3) is 0 Å². The zero-order valence-electron chi connectivity index (χ0n) is 20.4. The molecule has 0 amide bonds. The van der Waals surface area contributed by atoms with E-state index in [1.165, 1.54) is 137 Å². The summed E-state index contributed by atoms with van der Waals surface area (Å²) in [5.74, 6) is 0. The molecule has 0 bridgehead atoms. The fourth-order valence-electron chi connectivity index (χ4n) is 6.48. The summed E-state index contributed by atoms with van der Waals surface area (Å²) in [5.41, 5.74) is 3.07. The molecule has 0 atom stereocenters. The van der Waals surface area contributed by atoms with E-state index in [2.05, 4.69) is 60.7 Å². The molecule has 2 aromatic rings. The zero-order chi connectivity index (χ0) is 22.0. The molecule has 0 N–H and O–H groups in total. The van der Waals surface area contributed by atoms with Crippen LogP contribution < -0.4 is 0 Å². The summed E-state index contributed by atoms with van der Waals surface area (Å²) in [5, 5.41) is 0. The molecule has 2 aromatic carbocycles. The summed E-state index contributed by atoms with van der Waals surface area (Å²) in [6.07, 6.45) is 14.2. The molecule has 2 heteroatoms. The average molecular weight is 435 g/mol. The van der Waals surface area contributed by atoms with Crippen LogP contribution in [-0.4, -0.2) is 48.2 Å². The second kappa shape index (κ2) is 12.0. The number of unbranched alkanes of at least 4 members (excludes halogenated alkanes) is 3. The van der Waals surface area contributed by atoms with Crippen LogP contribution in [0.4, 0.5) is 0 Å². The zero-order valence-corrected chi connectivity index (χ0v) is 20.4. The highest BCUT2D eigenvalue weighted by molar-refractivity contribution is 5.14. The number of piperidine rings is 2. The standard InChI is InChI=1S/C30H46N2/c1(11-21-31(23-13-5-14-24-31)27-29-17-7-3-8-18-29)2-12-22-32(25-15-6-16-26-32)28-30-19-9-4-10-20-30/h3-4,7-10,17-20H,1-2,5-6,11-16,21-28H2/q+2. The highest BCUT2D eigenvalue weighted by atomic mass is 15.4. The molecular formula is C30H46N2+2. The summed E-state index contributed by atoms with van der Waals surface area (Å²) in [7, 11) is 0. The first kappa shape index (κ1) is 23.5. The largest absolute Gasteiger partial charge is 0.320 e. The van der Waals surface area contributed by atoms with Crippen molar-refractivity contribution in [2.24, 2.45) is 0 Å². The predicted octanol–water partition coefficient (Wildman–Crippen LogP) is 6.95. The average Bonchev–Trinajstić information content (AvgIpc) is 2.84. The molecule has 2 aliphatic rings. The van der Waals surface area contributed by atoms with Crippen molar-refractivity contribution >= 4 is 0 Å². The normalized spacial score (nSPS) is 20.1. The number of benzene rings is 2. The third-order valence-electron chi connectivity index (χ3n) is 8.27. The lowest BCUT2D eigenvalue weighted by Gasteiger charge is -2.42. The van der Waals surface area contributed by atoms with Gasteiger partial charge >= 0.3 is 0 Å². The van der Waals surface area contributed by atoms with Crippen molar-refractivity contribution in [1.82, 2.24) is 0 Å². The minimum Gasteiger partial charge on any atom is -0.320 e. The van der Waals surface area contributed by atoms with Crippen molar-refractivity contribution < 1.29 is 8.97 Å². The van der Waals surface area contributed by atoms with E-state index in [4.69, 9.17) is 0 Å². The van der Waals surface area contributed by atoms with Crippen molar-refractivity contribution in [3.63, 3.8) is 0 Å². The van der Waals surface area contributed by atoms with Crippen LogP contribution >= 0.6 is 0 Å². The number of likely N-dealkylation sites (tertiary alicyclic amines) is 2. The van der Waals surface area contributed by atoms with E-state index in [-0.39, 0.29) is 0 Å². The molecule has 2 aliphatic heterocycles. The fraction of sp³-hybridized carbons (Fsp3) is 0.600. The monoisotopic (exact) mass is 434 g/mol. The Hall–Kier alpha value is -1.64. The molecule has 0 aromatic heterocycles. The van der Waals surface area contributed by atoms with Gasteiger partial charge in [0, 0.05) is 11.1 Å². The van der Waals surface area contributed by atoms with Crippen LogP contribution in [-0.2, 0) is 13.1 Å². The van der Waals surface area contributed by atoms with E-state index in [9.17, 15) is 0 Å². The molecule has 32 heavy (non-hydrogen) atoms. The molecule has 174 valence electrons. The number of quaternary nitrogens is 2. The van der Waals surface area contributed by atoms with E-state index in [1.54, 1.807) is 0 Å². The smallest absolute Gasteiger partial charge is 0.104 e. The van der Waals surface area contributed by atoms with E-state index in [0.29, 0.717) is 0 Å². The summed E-state index contributed by atoms with van der Waals surface area (Å²) in [6, 6.07) is 22.5. The van der Waals surface area contributed by atoms with E-state index < -0.39 is 0 Å². The Morgan fingerprint density at radius 1 is 0.438 bits per heavy atom. The van der Waals surface area contributed by atoms with Crippen molar-refractivity contribution in [1.29, 1.82) is 0 Å². The SMILES string of the molecule is c1ccc(C[N+]2(CCCCCC[N+]3(Cc4ccccc4)CCCCC3)CCCCC2)cc1. The lowest BCUT2D eigenvalue weighted by molar-refractivity contribution is -0.945. The van der Waals surface area contributed by atoms with Gasteiger partial charge < -0.3 is 8.97 Å². The lowest BCUT2D eigenvalue weighted by atomic mass is 10.0. The number of hydrogen-bond donors (Lipinski definition) is 0. The maximum Gasteiger partial charge on any atom is 0.104 e. The minimum absolute atomic E-state index is 1.25. The number of rotatable bonds is 11.